The number of hydrogen-bond donors (Lipinski definition) is 0. The van der Waals surface area contributed by atoms with Crippen LogP contribution in [0.15, 0.2) is 66.7 Å². The van der Waals surface area contributed by atoms with Crippen LogP contribution in [0.5, 0.6) is 5.75 Å². The number of carbonyl (C=O) groups excluding carboxylic acids is 1. The number of ether oxygens (including phenoxy) is 1. The highest BCUT2D eigenvalue weighted by atomic mass is 16.5. The van der Waals surface area contributed by atoms with Crippen molar-refractivity contribution < 1.29 is 9.53 Å². The van der Waals surface area contributed by atoms with Gasteiger partial charge in [-0.2, -0.15) is 0 Å². The molecule has 1 aliphatic rings. The van der Waals surface area contributed by atoms with Crippen LogP contribution in [0.2, 0.25) is 0 Å². The predicted molar refractivity (Wildman–Crippen MR) is 107 cm³/mol. The van der Waals surface area contributed by atoms with Crippen LogP contribution < -0.4 is 4.74 Å². The van der Waals surface area contributed by atoms with Gasteiger partial charge in [0.15, 0.2) is 0 Å². The molecule has 1 amide bonds. The second kappa shape index (κ2) is 8.21. The Labute approximate surface area is 159 Å². The number of amides is 1. The molecule has 0 radical (unpaired) electrons. The van der Waals surface area contributed by atoms with E-state index in [0.29, 0.717) is 11.6 Å². The summed E-state index contributed by atoms with van der Waals surface area (Å²) in [5.74, 6) is 1.58. The van der Waals surface area contributed by atoms with E-state index in [0.717, 1.165) is 55.6 Å². The summed E-state index contributed by atoms with van der Waals surface area (Å²) in [5.41, 5.74) is 1.41. The van der Waals surface area contributed by atoms with E-state index in [4.69, 9.17) is 4.74 Å². The van der Waals surface area contributed by atoms with E-state index < -0.39 is 0 Å². The molecule has 3 aromatic rings. The molecule has 0 aliphatic carbocycles. The molecular formula is C23H24N2O2. The molecule has 0 saturated carbocycles. The lowest BCUT2D eigenvalue weighted by atomic mass is 9.94. The maximum absolute atomic E-state index is 12.8. The smallest absolute Gasteiger partial charge is 0.272 e. The van der Waals surface area contributed by atoms with Crippen LogP contribution >= 0.6 is 0 Å². The van der Waals surface area contributed by atoms with Crippen LogP contribution in [0.1, 0.15) is 29.8 Å². The van der Waals surface area contributed by atoms with E-state index in [1.54, 1.807) is 0 Å². The van der Waals surface area contributed by atoms with Crippen molar-refractivity contribution in [3.8, 4) is 5.75 Å². The fourth-order valence-electron chi connectivity index (χ4n) is 3.63. The Kier molecular flexibility index (Phi) is 5.33. The number of likely N-dealkylation sites (tertiary alicyclic amines) is 1. The van der Waals surface area contributed by atoms with Gasteiger partial charge in [-0.1, -0.05) is 42.5 Å². The van der Waals surface area contributed by atoms with Gasteiger partial charge >= 0.3 is 0 Å². The highest BCUT2D eigenvalue weighted by Crippen LogP contribution is 2.23. The van der Waals surface area contributed by atoms with E-state index in [9.17, 15) is 4.79 Å². The van der Waals surface area contributed by atoms with Gasteiger partial charge < -0.3 is 9.64 Å². The summed E-state index contributed by atoms with van der Waals surface area (Å²) in [7, 11) is 0. The number of carbonyl (C=O) groups is 1. The molecule has 1 saturated heterocycles. The first kappa shape index (κ1) is 17.5. The fourth-order valence-corrected chi connectivity index (χ4v) is 3.63. The third kappa shape index (κ3) is 4.27. The first-order chi connectivity index (χ1) is 13.3. The van der Waals surface area contributed by atoms with Crippen molar-refractivity contribution in [3.05, 3.63) is 72.4 Å². The molecule has 0 N–H and O–H groups in total. The average molecular weight is 360 g/mol. The molecule has 1 fully saturated rings. The summed E-state index contributed by atoms with van der Waals surface area (Å²) in [6, 6.07) is 21.6. The Morgan fingerprint density at radius 3 is 2.52 bits per heavy atom. The number of para-hydroxylation sites is 2. The summed E-state index contributed by atoms with van der Waals surface area (Å²) in [5, 5.41) is 1.06. The van der Waals surface area contributed by atoms with E-state index in [2.05, 4.69) is 4.98 Å². The predicted octanol–water partition coefficient (Wildman–Crippen LogP) is 4.56. The minimum absolute atomic E-state index is 0.0414. The van der Waals surface area contributed by atoms with Crippen molar-refractivity contribution in [1.29, 1.82) is 0 Å². The Balaban J connectivity index is 1.28. The summed E-state index contributed by atoms with van der Waals surface area (Å²) in [4.78, 5) is 19.3. The van der Waals surface area contributed by atoms with E-state index in [1.807, 2.05) is 71.6 Å². The van der Waals surface area contributed by atoms with Crippen molar-refractivity contribution in [2.24, 2.45) is 5.92 Å². The minimum atomic E-state index is 0.0414. The number of piperidine rings is 1. The van der Waals surface area contributed by atoms with E-state index >= 15 is 0 Å². The van der Waals surface area contributed by atoms with Gasteiger partial charge in [-0.05, 0) is 49.4 Å². The minimum Gasteiger partial charge on any atom is -0.494 e. The van der Waals surface area contributed by atoms with Gasteiger partial charge in [0, 0.05) is 18.5 Å². The highest BCUT2D eigenvalue weighted by molar-refractivity contribution is 5.94. The SMILES string of the molecule is O=C(c1ccc2ccccc2n1)N1CCC(CCOc2ccccc2)CC1. The molecule has 2 heterocycles. The lowest BCUT2D eigenvalue weighted by Gasteiger charge is -2.31. The maximum atomic E-state index is 12.8. The highest BCUT2D eigenvalue weighted by Gasteiger charge is 2.24. The van der Waals surface area contributed by atoms with Gasteiger partial charge in [-0.25, -0.2) is 4.98 Å². The van der Waals surface area contributed by atoms with Crippen LogP contribution in [-0.4, -0.2) is 35.5 Å². The van der Waals surface area contributed by atoms with Crippen molar-refractivity contribution in [2.45, 2.75) is 19.3 Å². The molecule has 4 nitrogen and oxygen atoms in total. The molecule has 27 heavy (non-hydrogen) atoms. The second-order valence-corrected chi connectivity index (χ2v) is 7.07. The van der Waals surface area contributed by atoms with Crippen LogP contribution in [-0.2, 0) is 0 Å². The standard InChI is InChI=1S/C23H24N2O2/c26-23(22-11-10-19-6-4-5-9-21(19)24-22)25-15-12-18(13-16-25)14-17-27-20-7-2-1-3-8-20/h1-11,18H,12-17H2. The summed E-state index contributed by atoms with van der Waals surface area (Å²) >= 11 is 0. The van der Waals surface area contributed by atoms with Gasteiger partial charge in [0.25, 0.3) is 5.91 Å². The molecule has 4 rings (SSSR count). The van der Waals surface area contributed by atoms with Crippen molar-refractivity contribution >= 4 is 16.8 Å². The molecule has 0 unspecified atom stereocenters. The van der Waals surface area contributed by atoms with E-state index in [-0.39, 0.29) is 5.91 Å². The summed E-state index contributed by atoms with van der Waals surface area (Å²) in [6.07, 6.45) is 3.08. The molecule has 0 spiro atoms. The Morgan fingerprint density at radius 2 is 1.70 bits per heavy atom. The van der Waals surface area contributed by atoms with Gasteiger partial charge in [0.2, 0.25) is 0 Å². The first-order valence-electron chi connectivity index (χ1n) is 9.62. The van der Waals surface area contributed by atoms with Crippen molar-refractivity contribution in [3.63, 3.8) is 0 Å². The molecule has 138 valence electrons. The number of benzene rings is 2. The zero-order valence-corrected chi connectivity index (χ0v) is 15.4. The topological polar surface area (TPSA) is 42.4 Å². The Bertz CT molecular complexity index is 902. The third-order valence-electron chi connectivity index (χ3n) is 5.26. The van der Waals surface area contributed by atoms with Gasteiger partial charge in [-0.15, -0.1) is 0 Å². The number of rotatable bonds is 5. The second-order valence-electron chi connectivity index (χ2n) is 7.07. The van der Waals surface area contributed by atoms with Crippen molar-refractivity contribution in [2.75, 3.05) is 19.7 Å². The zero-order chi connectivity index (χ0) is 18.5. The molecule has 2 aromatic carbocycles. The molecule has 0 bridgehead atoms. The van der Waals surface area contributed by atoms with Crippen LogP contribution in [0.3, 0.4) is 0 Å². The quantitative estimate of drug-likeness (QED) is 0.670. The molecule has 1 aliphatic heterocycles. The lowest BCUT2D eigenvalue weighted by Crippen LogP contribution is -2.39. The normalized spacial score (nSPS) is 15.0. The lowest BCUT2D eigenvalue weighted by molar-refractivity contribution is 0.0674. The van der Waals surface area contributed by atoms with Gasteiger partial charge in [-0.3, -0.25) is 4.79 Å². The number of aromatic nitrogens is 1. The van der Waals surface area contributed by atoms with E-state index in [1.165, 1.54) is 0 Å². The van der Waals surface area contributed by atoms with Gasteiger partial charge in [0.1, 0.15) is 11.4 Å². The maximum Gasteiger partial charge on any atom is 0.272 e. The molecule has 0 atom stereocenters. The molecular weight excluding hydrogens is 336 g/mol. The van der Waals surface area contributed by atoms with Crippen molar-refractivity contribution in [1.82, 2.24) is 9.88 Å². The number of hydrogen-bond acceptors (Lipinski definition) is 3. The third-order valence-corrected chi connectivity index (χ3v) is 5.26. The van der Waals surface area contributed by atoms with Crippen LogP contribution in [0.25, 0.3) is 10.9 Å². The summed E-state index contributed by atoms with van der Waals surface area (Å²) in [6.45, 7) is 2.32. The molecule has 1 aromatic heterocycles. The first-order valence-corrected chi connectivity index (χ1v) is 9.62. The fraction of sp³-hybridized carbons (Fsp3) is 0.304. The number of nitrogens with zero attached hydrogens (tertiary/aromatic N) is 2. The Morgan fingerprint density at radius 1 is 0.963 bits per heavy atom. The van der Waals surface area contributed by atoms with Crippen LogP contribution in [0, 0.1) is 5.92 Å². The monoisotopic (exact) mass is 360 g/mol. The Hall–Kier alpha value is -2.88. The number of pyridine rings is 1. The molecule has 4 heteroatoms. The summed E-state index contributed by atoms with van der Waals surface area (Å²) < 4.78 is 5.80. The largest absolute Gasteiger partial charge is 0.494 e. The van der Waals surface area contributed by atoms with Gasteiger partial charge in [0.05, 0.1) is 12.1 Å². The zero-order valence-electron chi connectivity index (χ0n) is 15.4. The number of fused-ring (bicyclic) bond motifs is 1. The average Bonchev–Trinajstić information content (AvgIpc) is 2.74. The van der Waals surface area contributed by atoms with Crippen LogP contribution in [0.4, 0.5) is 0 Å².